The summed E-state index contributed by atoms with van der Waals surface area (Å²) in [5.41, 5.74) is 0.0217. The van der Waals surface area contributed by atoms with E-state index in [0.29, 0.717) is 19.5 Å². The van der Waals surface area contributed by atoms with Gasteiger partial charge in [-0.25, -0.2) is 9.78 Å². The van der Waals surface area contributed by atoms with E-state index in [0.717, 1.165) is 12.8 Å². The maximum atomic E-state index is 11.6. The lowest BCUT2D eigenvalue weighted by molar-refractivity contribution is -0.121. The Morgan fingerprint density at radius 1 is 1.24 bits per heavy atom. The van der Waals surface area contributed by atoms with Crippen molar-refractivity contribution in [1.82, 2.24) is 14.9 Å². The second kappa shape index (κ2) is 9.96. The predicted molar refractivity (Wildman–Crippen MR) is 80.2 cm³/mol. The van der Waals surface area contributed by atoms with Gasteiger partial charge < -0.3 is 15.0 Å². The Bertz CT molecular complexity index is 443. The number of rotatable bonds is 11. The topological polar surface area (TPSA) is 84.2 Å². The number of nitrogens with zero attached hydrogens (tertiary/aromatic N) is 2. The number of nitrogens with one attached hydrogen (secondary N) is 1. The number of carbonyl (C=O) groups is 2. The fourth-order valence-corrected chi connectivity index (χ4v) is 2.07. The van der Waals surface area contributed by atoms with E-state index in [1.165, 1.54) is 38.2 Å². The Morgan fingerprint density at radius 2 is 1.95 bits per heavy atom. The molecule has 0 unspecified atom stereocenters. The fourth-order valence-electron chi connectivity index (χ4n) is 2.07. The number of amides is 1. The third-order valence-electron chi connectivity index (χ3n) is 3.30. The number of carboxylic acid groups (broad SMARTS) is 1. The van der Waals surface area contributed by atoms with Gasteiger partial charge in [-0.1, -0.05) is 39.0 Å². The van der Waals surface area contributed by atoms with Crippen LogP contribution >= 0.6 is 0 Å². The van der Waals surface area contributed by atoms with Gasteiger partial charge in [0.15, 0.2) is 5.69 Å². The molecular formula is C15H25N3O3. The fraction of sp³-hybridized carbons (Fsp3) is 0.667. The molecule has 0 bridgehead atoms. The Hall–Kier alpha value is -1.85. The summed E-state index contributed by atoms with van der Waals surface area (Å²) < 4.78 is 1.66. The average Bonchev–Trinajstić information content (AvgIpc) is 2.92. The van der Waals surface area contributed by atoms with Crippen molar-refractivity contribution < 1.29 is 14.7 Å². The van der Waals surface area contributed by atoms with Crippen molar-refractivity contribution in [1.29, 1.82) is 0 Å². The van der Waals surface area contributed by atoms with Gasteiger partial charge in [-0.3, -0.25) is 4.79 Å². The van der Waals surface area contributed by atoms with Crippen molar-refractivity contribution >= 4 is 11.9 Å². The molecule has 1 aromatic heterocycles. The molecule has 0 fully saturated rings. The van der Waals surface area contributed by atoms with Crippen molar-refractivity contribution in [3.8, 4) is 0 Å². The largest absolute Gasteiger partial charge is 0.476 e. The molecule has 0 aromatic carbocycles. The molecule has 118 valence electrons. The van der Waals surface area contributed by atoms with Crippen LogP contribution in [-0.4, -0.2) is 33.1 Å². The van der Waals surface area contributed by atoms with Crippen LogP contribution in [0.2, 0.25) is 0 Å². The number of imidazole rings is 1. The van der Waals surface area contributed by atoms with Gasteiger partial charge in [0.1, 0.15) is 0 Å². The molecule has 6 heteroatoms. The quantitative estimate of drug-likeness (QED) is 0.614. The van der Waals surface area contributed by atoms with Crippen LogP contribution in [0.25, 0.3) is 0 Å². The minimum atomic E-state index is -1.04. The zero-order valence-electron chi connectivity index (χ0n) is 12.7. The number of aromatic nitrogens is 2. The van der Waals surface area contributed by atoms with Crippen LogP contribution in [0.3, 0.4) is 0 Å². The molecule has 1 aromatic rings. The van der Waals surface area contributed by atoms with E-state index < -0.39 is 5.97 Å². The summed E-state index contributed by atoms with van der Waals surface area (Å²) in [6.45, 7) is 3.21. The van der Waals surface area contributed by atoms with Gasteiger partial charge in [-0.2, -0.15) is 0 Å². The molecule has 1 amide bonds. The second-order valence-electron chi connectivity index (χ2n) is 5.17. The molecule has 0 radical (unpaired) electrons. The first-order valence-corrected chi connectivity index (χ1v) is 7.65. The summed E-state index contributed by atoms with van der Waals surface area (Å²) >= 11 is 0. The molecular weight excluding hydrogens is 270 g/mol. The van der Waals surface area contributed by atoms with Crippen LogP contribution in [0.4, 0.5) is 0 Å². The summed E-state index contributed by atoms with van der Waals surface area (Å²) in [6.07, 6.45) is 10.5. The number of unbranched alkanes of at least 4 members (excludes halogenated alkanes) is 5. The molecule has 0 saturated heterocycles. The third kappa shape index (κ3) is 7.48. The lowest BCUT2D eigenvalue weighted by atomic mass is 10.1. The van der Waals surface area contributed by atoms with Crippen LogP contribution in [-0.2, 0) is 11.3 Å². The highest BCUT2D eigenvalue weighted by molar-refractivity contribution is 5.84. The minimum absolute atomic E-state index is 0.0217. The van der Waals surface area contributed by atoms with E-state index >= 15 is 0 Å². The molecule has 1 rings (SSSR count). The Kier molecular flexibility index (Phi) is 8.16. The van der Waals surface area contributed by atoms with E-state index in [1.807, 2.05) is 0 Å². The van der Waals surface area contributed by atoms with Gasteiger partial charge >= 0.3 is 5.97 Å². The summed E-state index contributed by atoms with van der Waals surface area (Å²) in [5, 5.41) is 11.6. The van der Waals surface area contributed by atoms with Crippen LogP contribution in [0, 0.1) is 0 Å². The van der Waals surface area contributed by atoms with Crippen LogP contribution < -0.4 is 5.32 Å². The molecule has 0 spiro atoms. The molecule has 0 saturated carbocycles. The first kappa shape index (κ1) is 17.2. The highest BCUT2D eigenvalue weighted by atomic mass is 16.4. The van der Waals surface area contributed by atoms with E-state index in [2.05, 4.69) is 17.2 Å². The van der Waals surface area contributed by atoms with Gasteiger partial charge in [-0.15, -0.1) is 0 Å². The standard InChI is InChI=1S/C15H25N3O3/c1-2-3-4-5-6-7-8-14(19)16-9-10-18-11-13(15(20)21)17-12-18/h11-12H,2-10H2,1H3,(H,16,19)(H,20,21). The molecule has 21 heavy (non-hydrogen) atoms. The van der Waals surface area contributed by atoms with Crippen LogP contribution in [0.5, 0.6) is 0 Å². The van der Waals surface area contributed by atoms with Gasteiger partial charge in [-0.05, 0) is 6.42 Å². The van der Waals surface area contributed by atoms with Crippen LogP contribution in [0.1, 0.15) is 62.4 Å². The Labute approximate surface area is 125 Å². The summed E-state index contributed by atoms with van der Waals surface area (Å²) in [7, 11) is 0. The smallest absolute Gasteiger partial charge is 0.356 e. The predicted octanol–water partition coefficient (Wildman–Crippen LogP) is 2.45. The average molecular weight is 295 g/mol. The molecule has 0 atom stereocenters. The lowest BCUT2D eigenvalue weighted by Crippen LogP contribution is -2.26. The highest BCUT2D eigenvalue weighted by Gasteiger charge is 2.06. The number of aromatic carboxylic acids is 1. The van der Waals surface area contributed by atoms with Crippen molar-refractivity contribution in [3.05, 3.63) is 18.2 Å². The number of carbonyl (C=O) groups excluding carboxylic acids is 1. The zero-order valence-corrected chi connectivity index (χ0v) is 12.7. The van der Waals surface area contributed by atoms with E-state index in [1.54, 1.807) is 4.57 Å². The van der Waals surface area contributed by atoms with Crippen LogP contribution in [0.15, 0.2) is 12.5 Å². The second-order valence-corrected chi connectivity index (χ2v) is 5.17. The molecule has 1 heterocycles. The summed E-state index contributed by atoms with van der Waals surface area (Å²) in [4.78, 5) is 26.0. The molecule has 6 nitrogen and oxygen atoms in total. The number of hydrogen-bond acceptors (Lipinski definition) is 3. The molecule has 0 aliphatic heterocycles. The van der Waals surface area contributed by atoms with Crippen molar-refractivity contribution in [2.24, 2.45) is 0 Å². The molecule has 0 aliphatic rings. The summed E-state index contributed by atoms with van der Waals surface area (Å²) in [6, 6.07) is 0. The maximum Gasteiger partial charge on any atom is 0.356 e. The van der Waals surface area contributed by atoms with Gasteiger partial charge in [0.25, 0.3) is 0 Å². The lowest BCUT2D eigenvalue weighted by Gasteiger charge is -2.05. The Balaban J connectivity index is 2.06. The van der Waals surface area contributed by atoms with Crippen molar-refractivity contribution in [3.63, 3.8) is 0 Å². The first-order valence-electron chi connectivity index (χ1n) is 7.65. The van der Waals surface area contributed by atoms with Gasteiger partial charge in [0, 0.05) is 25.7 Å². The first-order chi connectivity index (χ1) is 10.1. The number of hydrogen-bond donors (Lipinski definition) is 2. The van der Waals surface area contributed by atoms with Gasteiger partial charge in [0.05, 0.1) is 6.33 Å². The highest BCUT2D eigenvalue weighted by Crippen LogP contribution is 2.06. The van der Waals surface area contributed by atoms with E-state index in [4.69, 9.17) is 5.11 Å². The van der Waals surface area contributed by atoms with E-state index in [-0.39, 0.29) is 11.6 Å². The van der Waals surface area contributed by atoms with Gasteiger partial charge in [0.2, 0.25) is 5.91 Å². The third-order valence-corrected chi connectivity index (χ3v) is 3.30. The summed E-state index contributed by atoms with van der Waals surface area (Å²) in [5.74, 6) is -0.982. The monoisotopic (exact) mass is 295 g/mol. The minimum Gasteiger partial charge on any atom is -0.476 e. The van der Waals surface area contributed by atoms with Crippen molar-refractivity contribution in [2.45, 2.75) is 58.4 Å². The normalized spacial score (nSPS) is 10.5. The zero-order chi connectivity index (χ0) is 15.5. The van der Waals surface area contributed by atoms with E-state index in [9.17, 15) is 9.59 Å². The molecule has 0 aliphatic carbocycles. The van der Waals surface area contributed by atoms with Crippen molar-refractivity contribution in [2.75, 3.05) is 6.54 Å². The maximum absolute atomic E-state index is 11.6. The molecule has 2 N–H and O–H groups in total. The Morgan fingerprint density at radius 3 is 2.62 bits per heavy atom. The number of carboxylic acids is 1. The SMILES string of the molecule is CCCCCCCCC(=O)NCCn1cnc(C(=O)O)c1.